The lowest BCUT2D eigenvalue weighted by molar-refractivity contribution is 0.0946. The fourth-order valence-corrected chi connectivity index (χ4v) is 2.23. The summed E-state index contributed by atoms with van der Waals surface area (Å²) >= 11 is 0. The zero-order valence-corrected chi connectivity index (χ0v) is 13.8. The van der Waals surface area contributed by atoms with Crippen LogP contribution in [0.25, 0.3) is 0 Å². The number of ether oxygens (including phenoxy) is 2. The second-order valence-corrected chi connectivity index (χ2v) is 5.24. The summed E-state index contributed by atoms with van der Waals surface area (Å²) in [5.41, 5.74) is 2.84. The molecule has 0 fully saturated rings. The number of aromatic nitrogens is 1. The molecular weight excluding hydrogens is 292 g/mol. The molecular formula is C18H22N2O3. The van der Waals surface area contributed by atoms with E-state index in [2.05, 4.69) is 16.4 Å². The maximum absolute atomic E-state index is 12.1. The Balaban J connectivity index is 1.81. The number of amides is 1. The van der Waals surface area contributed by atoms with Gasteiger partial charge in [0.2, 0.25) is 5.88 Å². The molecule has 0 saturated carbocycles. The maximum Gasteiger partial charge on any atom is 0.251 e. The maximum atomic E-state index is 12.1. The van der Waals surface area contributed by atoms with Crippen molar-refractivity contribution in [2.45, 2.75) is 20.8 Å². The summed E-state index contributed by atoms with van der Waals surface area (Å²) in [5.74, 6) is 1.10. The number of carbonyl (C=O) groups is 1. The molecule has 0 unspecified atom stereocenters. The summed E-state index contributed by atoms with van der Waals surface area (Å²) in [6, 6.07) is 9.33. The van der Waals surface area contributed by atoms with Crippen molar-refractivity contribution in [2.75, 3.05) is 19.8 Å². The van der Waals surface area contributed by atoms with Crippen LogP contribution in [0.15, 0.2) is 36.5 Å². The smallest absolute Gasteiger partial charge is 0.251 e. The Hall–Kier alpha value is -2.56. The predicted octanol–water partition coefficient (Wildman–Crippen LogP) is 2.91. The van der Waals surface area contributed by atoms with Gasteiger partial charge in [0.25, 0.3) is 5.91 Å². The zero-order chi connectivity index (χ0) is 16.7. The molecule has 0 aliphatic rings. The van der Waals surface area contributed by atoms with E-state index in [4.69, 9.17) is 9.47 Å². The third kappa shape index (κ3) is 5.29. The van der Waals surface area contributed by atoms with E-state index in [1.807, 2.05) is 32.9 Å². The molecule has 1 heterocycles. The summed E-state index contributed by atoms with van der Waals surface area (Å²) in [6.45, 7) is 7.29. The van der Waals surface area contributed by atoms with Gasteiger partial charge in [0.15, 0.2) is 0 Å². The molecule has 1 aromatic heterocycles. The monoisotopic (exact) mass is 314 g/mol. The van der Waals surface area contributed by atoms with Gasteiger partial charge in [0.1, 0.15) is 12.4 Å². The Labute approximate surface area is 136 Å². The topological polar surface area (TPSA) is 60.5 Å². The summed E-state index contributed by atoms with van der Waals surface area (Å²) < 4.78 is 11.0. The lowest BCUT2D eigenvalue weighted by atomic mass is 10.1. The zero-order valence-electron chi connectivity index (χ0n) is 13.8. The molecule has 1 aromatic carbocycles. The minimum Gasteiger partial charge on any atom is -0.492 e. The van der Waals surface area contributed by atoms with E-state index < -0.39 is 0 Å². The van der Waals surface area contributed by atoms with Crippen LogP contribution in [0.5, 0.6) is 11.6 Å². The number of nitrogens with zero attached hydrogens (tertiary/aromatic N) is 1. The second kappa shape index (κ2) is 8.17. The normalized spacial score (nSPS) is 10.2. The number of pyridine rings is 1. The van der Waals surface area contributed by atoms with Crippen LogP contribution in [0.3, 0.4) is 0 Å². The number of aryl methyl sites for hydroxylation is 2. The molecule has 2 aromatic rings. The van der Waals surface area contributed by atoms with Crippen molar-refractivity contribution < 1.29 is 14.3 Å². The molecule has 0 radical (unpaired) electrons. The lowest BCUT2D eigenvalue weighted by Crippen LogP contribution is -2.28. The van der Waals surface area contributed by atoms with Crippen molar-refractivity contribution in [3.05, 3.63) is 53.2 Å². The SMILES string of the molecule is CCOc1cc(C(=O)NCCOc2cc(C)cc(C)c2)ccn1. The van der Waals surface area contributed by atoms with Crippen LogP contribution in [0.4, 0.5) is 0 Å². The average molecular weight is 314 g/mol. The molecule has 1 amide bonds. The van der Waals surface area contributed by atoms with Gasteiger partial charge in [-0.1, -0.05) is 6.07 Å². The van der Waals surface area contributed by atoms with Crippen LogP contribution in [-0.4, -0.2) is 30.6 Å². The minimum absolute atomic E-state index is 0.169. The first-order valence-corrected chi connectivity index (χ1v) is 7.66. The van der Waals surface area contributed by atoms with Gasteiger partial charge in [-0.2, -0.15) is 0 Å². The summed E-state index contributed by atoms with van der Waals surface area (Å²) in [6.07, 6.45) is 1.56. The summed E-state index contributed by atoms with van der Waals surface area (Å²) in [4.78, 5) is 16.1. The molecule has 1 N–H and O–H groups in total. The Morgan fingerprint density at radius 2 is 1.87 bits per heavy atom. The van der Waals surface area contributed by atoms with Crippen molar-refractivity contribution in [1.82, 2.24) is 10.3 Å². The highest BCUT2D eigenvalue weighted by atomic mass is 16.5. The molecule has 23 heavy (non-hydrogen) atoms. The van der Waals surface area contributed by atoms with Crippen molar-refractivity contribution in [2.24, 2.45) is 0 Å². The molecule has 0 spiro atoms. The van der Waals surface area contributed by atoms with Gasteiger partial charge in [-0.15, -0.1) is 0 Å². The number of benzene rings is 1. The summed E-state index contributed by atoms with van der Waals surface area (Å²) in [5, 5.41) is 2.82. The van der Waals surface area contributed by atoms with Crippen LogP contribution < -0.4 is 14.8 Å². The number of hydrogen-bond donors (Lipinski definition) is 1. The number of hydrogen-bond acceptors (Lipinski definition) is 4. The van der Waals surface area contributed by atoms with Gasteiger partial charge in [-0.3, -0.25) is 4.79 Å². The minimum atomic E-state index is -0.169. The molecule has 0 atom stereocenters. The molecule has 0 aliphatic carbocycles. The molecule has 0 saturated heterocycles. The van der Waals surface area contributed by atoms with Gasteiger partial charge in [-0.05, 0) is 50.1 Å². The van der Waals surface area contributed by atoms with E-state index in [0.29, 0.717) is 31.2 Å². The van der Waals surface area contributed by atoms with Gasteiger partial charge >= 0.3 is 0 Å². The first kappa shape index (κ1) is 16.8. The number of rotatable bonds is 7. The third-order valence-electron chi connectivity index (χ3n) is 3.14. The van der Waals surface area contributed by atoms with Crippen molar-refractivity contribution in [3.8, 4) is 11.6 Å². The van der Waals surface area contributed by atoms with Crippen molar-refractivity contribution >= 4 is 5.91 Å². The highest BCUT2D eigenvalue weighted by Crippen LogP contribution is 2.15. The molecule has 0 bridgehead atoms. The molecule has 2 rings (SSSR count). The first-order valence-electron chi connectivity index (χ1n) is 7.66. The van der Waals surface area contributed by atoms with Gasteiger partial charge < -0.3 is 14.8 Å². The highest BCUT2D eigenvalue weighted by Gasteiger charge is 2.07. The molecule has 5 heteroatoms. The van der Waals surface area contributed by atoms with Crippen molar-refractivity contribution in [1.29, 1.82) is 0 Å². The van der Waals surface area contributed by atoms with E-state index >= 15 is 0 Å². The number of nitrogens with one attached hydrogen (secondary N) is 1. The van der Waals surface area contributed by atoms with E-state index in [0.717, 1.165) is 16.9 Å². The summed E-state index contributed by atoms with van der Waals surface area (Å²) in [7, 11) is 0. The van der Waals surface area contributed by atoms with Crippen LogP contribution in [0.2, 0.25) is 0 Å². The predicted molar refractivity (Wildman–Crippen MR) is 89.2 cm³/mol. The van der Waals surface area contributed by atoms with E-state index in [1.54, 1.807) is 18.3 Å². The Bertz CT molecular complexity index is 651. The Morgan fingerprint density at radius 1 is 1.13 bits per heavy atom. The van der Waals surface area contributed by atoms with Gasteiger partial charge in [-0.25, -0.2) is 4.98 Å². The van der Waals surface area contributed by atoms with Crippen LogP contribution in [-0.2, 0) is 0 Å². The standard InChI is InChI=1S/C18H22N2O3/c1-4-22-17-12-15(5-6-19-17)18(21)20-7-8-23-16-10-13(2)9-14(3)11-16/h5-6,9-12H,4,7-8H2,1-3H3,(H,20,21). The van der Waals surface area contributed by atoms with Crippen LogP contribution >= 0.6 is 0 Å². The van der Waals surface area contributed by atoms with Gasteiger partial charge in [0, 0.05) is 17.8 Å². The number of carbonyl (C=O) groups excluding carboxylic acids is 1. The quantitative estimate of drug-likeness (QED) is 0.798. The largest absolute Gasteiger partial charge is 0.492 e. The Morgan fingerprint density at radius 3 is 2.57 bits per heavy atom. The Kier molecular flexibility index (Phi) is 5.97. The van der Waals surface area contributed by atoms with Crippen LogP contribution in [0, 0.1) is 13.8 Å². The van der Waals surface area contributed by atoms with Crippen molar-refractivity contribution in [3.63, 3.8) is 0 Å². The fraction of sp³-hybridized carbons (Fsp3) is 0.333. The lowest BCUT2D eigenvalue weighted by Gasteiger charge is -2.10. The second-order valence-electron chi connectivity index (χ2n) is 5.24. The van der Waals surface area contributed by atoms with E-state index in [9.17, 15) is 4.79 Å². The average Bonchev–Trinajstić information content (AvgIpc) is 2.51. The molecule has 0 aliphatic heterocycles. The van der Waals surface area contributed by atoms with Crippen LogP contribution in [0.1, 0.15) is 28.4 Å². The third-order valence-corrected chi connectivity index (χ3v) is 3.14. The van der Waals surface area contributed by atoms with Gasteiger partial charge in [0.05, 0.1) is 13.2 Å². The van der Waals surface area contributed by atoms with E-state index in [1.165, 1.54) is 0 Å². The highest BCUT2D eigenvalue weighted by molar-refractivity contribution is 5.94. The molecule has 122 valence electrons. The first-order chi connectivity index (χ1) is 11.1. The van der Waals surface area contributed by atoms with E-state index in [-0.39, 0.29) is 5.91 Å². The fourth-order valence-electron chi connectivity index (χ4n) is 2.23. The molecule has 5 nitrogen and oxygen atoms in total.